The summed E-state index contributed by atoms with van der Waals surface area (Å²) in [5, 5.41) is 4.74. The Kier molecular flexibility index (Phi) is 7.43. The summed E-state index contributed by atoms with van der Waals surface area (Å²) >= 11 is 6.00. The zero-order valence-electron chi connectivity index (χ0n) is 21.6. The highest BCUT2D eigenvalue weighted by Gasteiger charge is 2.30. The van der Waals surface area contributed by atoms with Gasteiger partial charge in [-0.1, -0.05) is 41.9 Å². The van der Waals surface area contributed by atoms with E-state index in [2.05, 4.69) is 10.1 Å². The molecule has 0 radical (unpaired) electrons. The molecule has 41 heavy (non-hydrogen) atoms. The highest BCUT2D eigenvalue weighted by Crippen LogP contribution is 2.38. The summed E-state index contributed by atoms with van der Waals surface area (Å²) in [6.07, 6.45) is 7.55. The molecule has 5 aromatic rings. The SMILES string of the molecule is CS(=O)(=O)N(c1cc(Oc2c(-n3ccnc3)cnn(-c3ccc(Cl)cc3)c2=O)ccc1-c1ccccc1)S(C)(=O)=O. The van der Waals surface area contributed by atoms with Gasteiger partial charge in [-0.15, -0.1) is 0 Å². The molecule has 0 aliphatic heterocycles. The number of aromatic nitrogens is 4. The van der Waals surface area contributed by atoms with Gasteiger partial charge in [0.15, 0.2) is 0 Å². The summed E-state index contributed by atoms with van der Waals surface area (Å²) in [5.74, 6) is -0.166. The lowest BCUT2D eigenvalue weighted by molar-refractivity contribution is 0.465. The Bertz CT molecular complexity index is 1960. The lowest BCUT2D eigenvalue weighted by Crippen LogP contribution is -2.35. The number of nitrogens with zero attached hydrogens (tertiary/aromatic N) is 5. The number of sulfonamides is 2. The molecule has 0 bridgehead atoms. The summed E-state index contributed by atoms with van der Waals surface area (Å²) in [7, 11) is -8.61. The van der Waals surface area contributed by atoms with Crippen LogP contribution in [0.2, 0.25) is 5.02 Å². The zero-order chi connectivity index (χ0) is 29.4. The number of hydrogen-bond donors (Lipinski definition) is 0. The average Bonchev–Trinajstić information content (AvgIpc) is 3.44. The molecule has 0 amide bonds. The summed E-state index contributed by atoms with van der Waals surface area (Å²) in [5.41, 5.74) is 0.734. The molecule has 5 rings (SSSR count). The van der Waals surface area contributed by atoms with E-state index in [9.17, 15) is 21.6 Å². The van der Waals surface area contributed by atoms with E-state index in [1.807, 2.05) is 0 Å². The first-order valence-electron chi connectivity index (χ1n) is 11.9. The summed E-state index contributed by atoms with van der Waals surface area (Å²) in [6.45, 7) is 0. The van der Waals surface area contributed by atoms with Gasteiger partial charge in [-0.2, -0.15) is 13.5 Å². The maximum absolute atomic E-state index is 13.7. The molecule has 14 heteroatoms. The van der Waals surface area contributed by atoms with Crippen molar-refractivity contribution in [3.63, 3.8) is 0 Å². The normalized spacial score (nSPS) is 11.8. The van der Waals surface area contributed by atoms with Crippen LogP contribution in [0.1, 0.15) is 0 Å². The van der Waals surface area contributed by atoms with Crippen molar-refractivity contribution in [3.8, 4) is 34.0 Å². The van der Waals surface area contributed by atoms with Crippen LogP contribution < -0.4 is 14.0 Å². The predicted molar refractivity (Wildman–Crippen MR) is 156 cm³/mol. The largest absolute Gasteiger partial charge is 0.449 e. The monoisotopic (exact) mass is 611 g/mol. The summed E-state index contributed by atoms with van der Waals surface area (Å²) in [6, 6.07) is 19.4. The second-order valence-electron chi connectivity index (χ2n) is 8.89. The first kappa shape index (κ1) is 28.1. The molecule has 0 spiro atoms. The highest BCUT2D eigenvalue weighted by atomic mass is 35.5. The van der Waals surface area contributed by atoms with Crippen molar-refractivity contribution in [2.24, 2.45) is 0 Å². The van der Waals surface area contributed by atoms with Crippen molar-refractivity contribution in [1.82, 2.24) is 19.3 Å². The van der Waals surface area contributed by atoms with Gasteiger partial charge in [0.25, 0.3) is 0 Å². The summed E-state index contributed by atoms with van der Waals surface area (Å²) in [4.78, 5) is 17.7. The van der Waals surface area contributed by atoms with E-state index in [1.165, 1.54) is 41.5 Å². The summed E-state index contributed by atoms with van der Waals surface area (Å²) < 4.78 is 60.1. The lowest BCUT2D eigenvalue weighted by Gasteiger charge is -2.23. The van der Waals surface area contributed by atoms with Crippen molar-refractivity contribution in [2.75, 3.05) is 16.2 Å². The molecule has 0 saturated carbocycles. The van der Waals surface area contributed by atoms with Gasteiger partial charge in [0.2, 0.25) is 25.8 Å². The number of halogens is 1. The molecular formula is C27H22ClN5O6S2. The molecule has 3 aromatic carbocycles. The van der Waals surface area contributed by atoms with Crippen LogP contribution in [0.25, 0.3) is 22.5 Å². The van der Waals surface area contributed by atoms with Gasteiger partial charge in [0.1, 0.15) is 11.4 Å². The molecule has 210 valence electrons. The van der Waals surface area contributed by atoms with Gasteiger partial charge < -0.3 is 9.30 Å². The Labute approximate surface area is 241 Å². The third-order valence-electron chi connectivity index (χ3n) is 5.84. The van der Waals surface area contributed by atoms with Gasteiger partial charge in [0.05, 0.1) is 36.4 Å². The second-order valence-corrected chi connectivity index (χ2v) is 13.2. The van der Waals surface area contributed by atoms with E-state index in [4.69, 9.17) is 16.3 Å². The smallest absolute Gasteiger partial charge is 0.316 e. The Morgan fingerprint density at radius 3 is 2.20 bits per heavy atom. The maximum atomic E-state index is 13.7. The molecule has 0 fully saturated rings. The van der Waals surface area contributed by atoms with Crippen molar-refractivity contribution >= 4 is 37.3 Å². The van der Waals surface area contributed by atoms with Gasteiger partial charge in [-0.3, -0.25) is 4.79 Å². The first-order chi connectivity index (χ1) is 19.4. The van der Waals surface area contributed by atoms with E-state index in [1.54, 1.807) is 60.8 Å². The number of hydrogen-bond acceptors (Lipinski definition) is 8. The molecule has 2 heterocycles. The zero-order valence-corrected chi connectivity index (χ0v) is 24.0. The molecule has 0 aliphatic carbocycles. The van der Waals surface area contributed by atoms with Crippen LogP contribution in [0.4, 0.5) is 5.69 Å². The lowest BCUT2D eigenvalue weighted by atomic mass is 10.0. The van der Waals surface area contributed by atoms with Gasteiger partial charge in [-0.05, 0) is 42.0 Å². The number of ether oxygens (including phenoxy) is 1. The van der Waals surface area contributed by atoms with Crippen LogP contribution in [0.5, 0.6) is 11.5 Å². The third-order valence-corrected chi connectivity index (χ3v) is 9.32. The van der Waals surface area contributed by atoms with Gasteiger partial charge >= 0.3 is 5.56 Å². The van der Waals surface area contributed by atoms with Crippen LogP contribution in [-0.4, -0.2) is 48.7 Å². The van der Waals surface area contributed by atoms with Gasteiger partial charge in [-0.25, -0.2) is 21.8 Å². The van der Waals surface area contributed by atoms with Crippen LogP contribution in [0.3, 0.4) is 0 Å². The molecule has 0 atom stereocenters. The van der Waals surface area contributed by atoms with E-state index in [0.29, 0.717) is 25.5 Å². The third kappa shape index (κ3) is 5.87. The molecule has 0 saturated heterocycles. The standard InChI is InChI=1S/C27H22ClN5O6S2/c1-40(35,36)33(41(2,37)38)24-16-22(12-13-23(24)19-6-4-3-5-7-19)39-26-25(31-15-14-29-18-31)17-30-32(27(26)34)21-10-8-20(28)9-11-21/h3-18H,1-2H3. The molecular weight excluding hydrogens is 590 g/mol. The molecule has 0 unspecified atom stereocenters. The van der Waals surface area contributed by atoms with E-state index in [0.717, 1.165) is 17.2 Å². The van der Waals surface area contributed by atoms with Crippen LogP contribution in [0.15, 0.2) is 103 Å². The minimum Gasteiger partial charge on any atom is -0.449 e. The van der Waals surface area contributed by atoms with Crippen LogP contribution in [-0.2, 0) is 20.0 Å². The quantitative estimate of drug-likeness (QED) is 0.254. The number of anilines is 1. The van der Waals surface area contributed by atoms with Crippen LogP contribution in [0, 0.1) is 0 Å². The Morgan fingerprint density at radius 1 is 0.902 bits per heavy atom. The van der Waals surface area contributed by atoms with E-state index in [-0.39, 0.29) is 22.9 Å². The van der Waals surface area contributed by atoms with E-state index >= 15 is 0 Å². The fourth-order valence-corrected chi connectivity index (χ4v) is 7.30. The number of benzene rings is 3. The topological polar surface area (TPSA) is 133 Å². The minimum atomic E-state index is -4.30. The van der Waals surface area contributed by atoms with Crippen molar-refractivity contribution < 1.29 is 21.6 Å². The molecule has 0 aliphatic rings. The Hall–Kier alpha value is -4.46. The highest BCUT2D eigenvalue weighted by molar-refractivity contribution is 8.09. The molecule has 11 nitrogen and oxygen atoms in total. The van der Waals surface area contributed by atoms with Crippen molar-refractivity contribution in [2.45, 2.75) is 0 Å². The Morgan fingerprint density at radius 2 is 1.59 bits per heavy atom. The second kappa shape index (κ2) is 10.8. The van der Waals surface area contributed by atoms with Crippen molar-refractivity contribution in [1.29, 1.82) is 0 Å². The van der Waals surface area contributed by atoms with Crippen LogP contribution >= 0.6 is 11.6 Å². The average molecular weight is 612 g/mol. The van der Waals surface area contributed by atoms with Crippen molar-refractivity contribution in [3.05, 3.63) is 113 Å². The first-order valence-corrected chi connectivity index (χ1v) is 16.0. The maximum Gasteiger partial charge on any atom is 0.316 e. The van der Waals surface area contributed by atoms with E-state index < -0.39 is 25.6 Å². The minimum absolute atomic E-state index is 0.00398. The Balaban J connectivity index is 1.72. The fourth-order valence-electron chi connectivity index (χ4n) is 4.19. The fraction of sp³-hybridized carbons (Fsp3) is 0.0741. The number of rotatable bonds is 8. The molecule has 2 aromatic heterocycles. The van der Waals surface area contributed by atoms with Gasteiger partial charge in [0, 0.05) is 29.0 Å². The molecule has 0 N–H and O–H groups in total. The number of imidazole rings is 1. The predicted octanol–water partition coefficient (Wildman–Crippen LogP) is 4.26.